The van der Waals surface area contributed by atoms with E-state index < -0.39 is 0 Å². The summed E-state index contributed by atoms with van der Waals surface area (Å²) in [6, 6.07) is 7.84. The lowest BCUT2D eigenvalue weighted by Gasteiger charge is -2.08. The van der Waals surface area contributed by atoms with Crippen molar-refractivity contribution in [2.75, 3.05) is 5.32 Å². The third-order valence-electron chi connectivity index (χ3n) is 2.88. The molecule has 0 amide bonds. The van der Waals surface area contributed by atoms with Gasteiger partial charge in [-0.05, 0) is 18.9 Å². The van der Waals surface area contributed by atoms with Gasteiger partial charge in [-0.1, -0.05) is 18.2 Å². The predicted molar refractivity (Wildman–Crippen MR) is 65.0 cm³/mol. The molecule has 1 N–H and O–H groups in total. The molecule has 1 aromatic carbocycles. The van der Waals surface area contributed by atoms with Gasteiger partial charge in [-0.3, -0.25) is 10.1 Å². The Labute approximate surface area is 97.6 Å². The van der Waals surface area contributed by atoms with Crippen LogP contribution in [0.4, 0.5) is 11.4 Å². The molecule has 5 nitrogen and oxygen atoms in total. The summed E-state index contributed by atoms with van der Waals surface area (Å²) < 4.78 is 0. The topological polar surface area (TPSA) is 68.1 Å². The van der Waals surface area contributed by atoms with Gasteiger partial charge in [0.05, 0.1) is 10.4 Å². The third-order valence-corrected chi connectivity index (χ3v) is 2.88. The van der Waals surface area contributed by atoms with Crippen LogP contribution in [0.15, 0.2) is 30.5 Å². The fourth-order valence-electron chi connectivity index (χ4n) is 1.85. The number of hydrogen-bond donors (Lipinski definition) is 1. The smallest absolute Gasteiger partial charge is 0.311 e. The van der Waals surface area contributed by atoms with Crippen molar-refractivity contribution in [3.63, 3.8) is 0 Å². The van der Waals surface area contributed by atoms with Gasteiger partial charge in [-0.2, -0.15) is 0 Å². The summed E-state index contributed by atoms with van der Waals surface area (Å²) in [5.41, 5.74) is 1.43. The van der Waals surface area contributed by atoms with E-state index >= 15 is 0 Å². The zero-order chi connectivity index (χ0) is 11.8. The van der Waals surface area contributed by atoms with E-state index in [1.54, 1.807) is 0 Å². The molecule has 0 unspecified atom stereocenters. The number of aromatic nitrogens is 1. The molecule has 86 valence electrons. The summed E-state index contributed by atoms with van der Waals surface area (Å²) in [4.78, 5) is 14.7. The lowest BCUT2D eigenvalue weighted by atomic mass is 10.1. The molecule has 17 heavy (non-hydrogen) atoms. The van der Waals surface area contributed by atoms with E-state index in [9.17, 15) is 10.1 Å². The van der Waals surface area contributed by atoms with Crippen molar-refractivity contribution in [3.05, 3.63) is 40.6 Å². The van der Waals surface area contributed by atoms with Crippen LogP contribution in [0.25, 0.3) is 10.9 Å². The van der Waals surface area contributed by atoms with Gasteiger partial charge in [0, 0.05) is 11.4 Å². The minimum atomic E-state index is -0.385. The van der Waals surface area contributed by atoms with Crippen LogP contribution in [0, 0.1) is 10.1 Å². The Morgan fingerprint density at radius 2 is 2.12 bits per heavy atom. The summed E-state index contributed by atoms with van der Waals surface area (Å²) >= 11 is 0. The van der Waals surface area contributed by atoms with Crippen molar-refractivity contribution in [2.45, 2.75) is 18.9 Å². The molecule has 1 aliphatic rings. The first-order valence-electron chi connectivity index (χ1n) is 5.54. The minimum Gasteiger partial charge on any atom is -0.376 e. The van der Waals surface area contributed by atoms with E-state index in [0.717, 1.165) is 23.7 Å². The van der Waals surface area contributed by atoms with E-state index in [4.69, 9.17) is 0 Å². The lowest BCUT2D eigenvalue weighted by molar-refractivity contribution is -0.384. The van der Waals surface area contributed by atoms with Crippen LogP contribution in [0.3, 0.4) is 0 Å². The van der Waals surface area contributed by atoms with Crippen molar-refractivity contribution in [3.8, 4) is 0 Å². The number of nitro groups is 1. The number of nitrogens with one attached hydrogen (secondary N) is 1. The number of rotatable bonds is 3. The van der Waals surface area contributed by atoms with Crippen LogP contribution in [0.5, 0.6) is 0 Å². The minimum absolute atomic E-state index is 0.0515. The maximum atomic E-state index is 11.0. The fraction of sp³-hybridized carbons (Fsp3) is 0.250. The number of anilines is 1. The molecule has 0 spiro atoms. The first-order valence-corrected chi connectivity index (χ1v) is 5.54. The van der Waals surface area contributed by atoms with Gasteiger partial charge in [0.1, 0.15) is 11.9 Å². The van der Waals surface area contributed by atoms with Gasteiger partial charge >= 0.3 is 5.69 Å². The molecule has 2 aromatic rings. The van der Waals surface area contributed by atoms with Gasteiger partial charge in [0.15, 0.2) is 0 Å². The van der Waals surface area contributed by atoms with E-state index in [-0.39, 0.29) is 10.6 Å². The van der Waals surface area contributed by atoms with Crippen LogP contribution < -0.4 is 5.32 Å². The second kappa shape index (κ2) is 3.69. The van der Waals surface area contributed by atoms with Crippen molar-refractivity contribution in [2.24, 2.45) is 0 Å². The van der Waals surface area contributed by atoms with E-state index in [1.807, 2.05) is 24.3 Å². The third kappa shape index (κ3) is 1.80. The standard InChI is InChI=1S/C12H11N3O2/c16-15(17)11-7-13-10-4-2-1-3-9(10)12(11)14-8-5-6-8/h1-4,7-8H,5-6H2,(H,13,14). The predicted octanol–water partition coefficient (Wildman–Crippen LogP) is 2.72. The van der Waals surface area contributed by atoms with Crippen LogP contribution in [-0.2, 0) is 0 Å². The molecular weight excluding hydrogens is 218 g/mol. The van der Waals surface area contributed by atoms with Crippen LogP contribution >= 0.6 is 0 Å². The summed E-state index contributed by atoms with van der Waals surface area (Å²) in [5, 5.41) is 15.0. The van der Waals surface area contributed by atoms with Crippen molar-refractivity contribution in [1.29, 1.82) is 0 Å². The number of para-hydroxylation sites is 1. The van der Waals surface area contributed by atoms with Gasteiger partial charge < -0.3 is 5.32 Å². The number of nitrogens with zero attached hydrogens (tertiary/aromatic N) is 2. The number of pyridine rings is 1. The highest BCUT2D eigenvalue weighted by Crippen LogP contribution is 2.35. The highest BCUT2D eigenvalue weighted by atomic mass is 16.6. The molecule has 3 rings (SSSR count). The summed E-state index contributed by atoms with van der Waals surface area (Å²) in [6.07, 6.45) is 3.48. The Kier molecular flexibility index (Phi) is 2.18. The average molecular weight is 229 g/mol. The van der Waals surface area contributed by atoms with Crippen molar-refractivity contribution >= 4 is 22.3 Å². The number of benzene rings is 1. The van der Waals surface area contributed by atoms with Crippen LogP contribution in [0.1, 0.15) is 12.8 Å². The Balaban J connectivity index is 2.21. The molecule has 1 fully saturated rings. The lowest BCUT2D eigenvalue weighted by Crippen LogP contribution is -2.05. The van der Waals surface area contributed by atoms with Gasteiger partial charge in [0.2, 0.25) is 0 Å². The zero-order valence-corrected chi connectivity index (χ0v) is 9.09. The van der Waals surface area contributed by atoms with E-state index in [0.29, 0.717) is 11.7 Å². The molecule has 0 radical (unpaired) electrons. The summed E-state index contributed by atoms with van der Waals surface area (Å²) in [5.74, 6) is 0. The number of fused-ring (bicyclic) bond motifs is 1. The molecular formula is C12H11N3O2. The quantitative estimate of drug-likeness (QED) is 0.649. The molecule has 1 aliphatic carbocycles. The van der Waals surface area contributed by atoms with Gasteiger partial charge in [0.25, 0.3) is 0 Å². The van der Waals surface area contributed by atoms with Gasteiger partial charge in [-0.25, -0.2) is 4.98 Å². The molecule has 1 aromatic heterocycles. The molecule has 5 heteroatoms. The highest BCUT2D eigenvalue weighted by Gasteiger charge is 2.26. The van der Waals surface area contributed by atoms with Gasteiger partial charge in [-0.15, -0.1) is 0 Å². The SMILES string of the molecule is O=[N+]([O-])c1cnc2ccccc2c1NC1CC1. The van der Waals surface area contributed by atoms with Crippen LogP contribution in [0.2, 0.25) is 0 Å². The first-order chi connectivity index (χ1) is 8.25. The molecule has 1 saturated carbocycles. The van der Waals surface area contributed by atoms with E-state index in [2.05, 4.69) is 10.3 Å². The molecule has 0 aliphatic heterocycles. The molecule has 0 saturated heterocycles. The maximum Gasteiger partial charge on any atom is 0.311 e. The number of hydrogen-bond acceptors (Lipinski definition) is 4. The second-order valence-corrected chi connectivity index (χ2v) is 4.21. The van der Waals surface area contributed by atoms with Crippen molar-refractivity contribution in [1.82, 2.24) is 4.98 Å². The monoisotopic (exact) mass is 229 g/mol. The molecule has 1 heterocycles. The second-order valence-electron chi connectivity index (χ2n) is 4.21. The highest BCUT2D eigenvalue weighted by molar-refractivity contribution is 5.95. The Bertz CT molecular complexity index is 593. The normalized spacial score (nSPS) is 14.8. The first kappa shape index (κ1) is 10.0. The van der Waals surface area contributed by atoms with Crippen LogP contribution in [-0.4, -0.2) is 15.9 Å². The molecule has 0 bridgehead atoms. The maximum absolute atomic E-state index is 11.0. The summed E-state index contributed by atoms with van der Waals surface area (Å²) in [6.45, 7) is 0. The fourth-order valence-corrected chi connectivity index (χ4v) is 1.85. The van der Waals surface area contributed by atoms with Crippen molar-refractivity contribution < 1.29 is 4.92 Å². The zero-order valence-electron chi connectivity index (χ0n) is 9.09. The molecule has 0 atom stereocenters. The Morgan fingerprint density at radius 1 is 1.35 bits per heavy atom. The summed E-state index contributed by atoms with van der Waals surface area (Å²) in [7, 11) is 0. The Hall–Kier alpha value is -2.17. The Morgan fingerprint density at radius 3 is 2.82 bits per heavy atom. The largest absolute Gasteiger partial charge is 0.376 e. The average Bonchev–Trinajstić information content (AvgIpc) is 3.13. The van der Waals surface area contributed by atoms with E-state index in [1.165, 1.54) is 6.20 Å².